The van der Waals surface area contributed by atoms with Gasteiger partial charge in [0, 0.05) is 10.7 Å². The number of aromatic nitrogens is 3. The van der Waals surface area contributed by atoms with Crippen LogP contribution in [-0.4, -0.2) is 14.5 Å². The standard InChI is InChI=1S/C14H11BrClN3/c1-9(16)14-18-11-8-17-7-6-13(11)19(14)12-5-3-2-4-10(12)15/h2-9H,1H3. The molecule has 3 rings (SSSR count). The Morgan fingerprint density at radius 2 is 2.05 bits per heavy atom. The summed E-state index contributed by atoms with van der Waals surface area (Å²) in [5.74, 6) is 0.816. The number of halogens is 2. The Morgan fingerprint density at radius 1 is 1.26 bits per heavy atom. The third-order valence-corrected chi connectivity index (χ3v) is 3.80. The van der Waals surface area contributed by atoms with Crippen molar-refractivity contribution < 1.29 is 0 Å². The summed E-state index contributed by atoms with van der Waals surface area (Å²) in [5, 5.41) is -0.181. The van der Waals surface area contributed by atoms with Crippen LogP contribution < -0.4 is 0 Å². The van der Waals surface area contributed by atoms with E-state index in [4.69, 9.17) is 11.6 Å². The third-order valence-electron chi connectivity index (χ3n) is 2.93. The maximum atomic E-state index is 6.26. The molecule has 1 aromatic carbocycles. The zero-order valence-electron chi connectivity index (χ0n) is 10.2. The van der Waals surface area contributed by atoms with Gasteiger partial charge in [0.1, 0.15) is 11.3 Å². The number of hydrogen-bond donors (Lipinski definition) is 0. The van der Waals surface area contributed by atoms with E-state index in [1.807, 2.05) is 37.3 Å². The Labute approximate surface area is 124 Å². The zero-order chi connectivity index (χ0) is 13.4. The second-order valence-electron chi connectivity index (χ2n) is 4.24. The molecule has 5 heteroatoms. The van der Waals surface area contributed by atoms with Crippen LogP contribution in [0.1, 0.15) is 18.1 Å². The van der Waals surface area contributed by atoms with E-state index in [1.165, 1.54) is 0 Å². The monoisotopic (exact) mass is 335 g/mol. The van der Waals surface area contributed by atoms with Gasteiger partial charge in [-0.05, 0) is 41.1 Å². The fraction of sp³-hybridized carbons (Fsp3) is 0.143. The molecule has 0 spiro atoms. The van der Waals surface area contributed by atoms with Gasteiger partial charge in [-0.2, -0.15) is 0 Å². The lowest BCUT2D eigenvalue weighted by Gasteiger charge is -2.12. The van der Waals surface area contributed by atoms with Crippen molar-refractivity contribution in [2.45, 2.75) is 12.3 Å². The lowest BCUT2D eigenvalue weighted by molar-refractivity contribution is 0.880. The first-order chi connectivity index (χ1) is 9.18. The maximum absolute atomic E-state index is 6.26. The molecule has 19 heavy (non-hydrogen) atoms. The van der Waals surface area contributed by atoms with Crippen LogP contribution in [0, 0.1) is 0 Å². The third kappa shape index (κ3) is 2.15. The van der Waals surface area contributed by atoms with E-state index >= 15 is 0 Å². The molecule has 1 atom stereocenters. The molecule has 0 amide bonds. The zero-order valence-corrected chi connectivity index (χ0v) is 12.6. The lowest BCUT2D eigenvalue weighted by atomic mass is 10.3. The van der Waals surface area contributed by atoms with E-state index in [0.717, 1.165) is 27.0 Å². The fourth-order valence-electron chi connectivity index (χ4n) is 2.10. The summed E-state index contributed by atoms with van der Waals surface area (Å²) in [6.45, 7) is 1.92. The number of nitrogens with zero attached hydrogens (tertiary/aromatic N) is 3. The molecule has 0 fully saturated rings. The molecule has 2 heterocycles. The molecule has 0 N–H and O–H groups in total. The van der Waals surface area contributed by atoms with Gasteiger partial charge in [0.2, 0.25) is 0 Å². The molecule has 3 nitrogen and oxygen atoms in total. The number of alkyl halides is 1. The lowest BCUT2D eigenvalue weighted by Crippen LogP contribution is -2.02. The first-order valence-corrected chi connectivity index (χ1v) is 7.13. The molecule has 0 aliphatic heterocycles. The van der Waals surface area contributed by atoms with Crippen molar-refractivity contribution in [1.82, 2.24) is 14.5 Å². The van der Waals surface area contributed by atoms with Crippen LogP contribution in [-0.2, 0) is 0 Å². The minimum atomic E-state index is -0.181. The van der Waals surface area contributed by atoms with Gasteiger partial charge >= 0.3 is 0 Å². The highest BCUT2D eigenvalue weighted by Gasteiger charge is 2.17. The highest BCUT2D eigenvalue weighted by atomic mass is 79.9. The molecule has 0 saturated heterocycles. The number of hydrogen-bond acceptors (Lipinski definition) is 2. The summed E-state index contributed by atoms with van der Waals surface area (Å²) in [6.07, 6.45) is 3.52. The number of fused-ring (bicyclic) bond motifs is 1. The van der Waals surface area contributed by atoms with Crippen molar-refractivity contribution in [3.8, 4) is 5.69 Å². The van der Waals surface area contributed by atoms with Gasteiger partial charge in [0.05, 0.1) is 22.8 Å². The summed E-state index contributed by atoms with van der Waals surface area (Å²) in [5.41, 5.74) is 2.88. The van der Waals surface area contributed by atoms with E-state index < -0.39 is 0 Å². The highest BCUT2D eigenvalue weighted by Crippen LogP contribution is 2.30. The van der Waals surface area contributed by atoms with Gasteiger partial charge in [-0.1, -0.05) is 12.1 Å². The first-order valence-electron chi connectivity index (χ1n) is 5.90. The largest absolute Gasteiger partial charge is 0.294 e. The molecule has 3 aromatic rings. The second kappa shape index (κ2) is 4.94. The minimum Gasteiger partial charge on any atom is -0.294 e. The van der Waals surface area contributed by atoms with Crippen LogP contribution >= 0.6 is 27.5 Å². The van der Waals surface area contributed by atoms with Crippen molar-refractivity contribution in [2.75, 3.05) is 0 Å². The fourth-order valence-corrected chi connectivity index (χ4v) is 2.71. The molecule has 0 aliphatic carbocycles. The Kier molecular flexibility index (Phi) is 3.29. The van der Waals surface area contributed by atoms with E-state index in [2.05, 4.69) is 30.5 Å². The summed E-state index contributed by atoms with van der Waals surface area (Å²) >= 11 is 9.84. The topological polar surface area (TPSA) is 30.7 Å². The van der Waals surface area contributed by atoms with Crippen LogP contribution in [0.4, 0.5) is 0 Å². The number of benzene rings is 1. The van der Waals surface area contributed by atoms with Gasteiger partial charge < -0.3 is 0 Å². The predicted molar refractivity (Wildman–Crippen MR) is 80.8 cm³/mol. The number of imidazole rings is 1. The minimum absolute atomic E-state index is 0.181. The van der Waals surface area contributed by atoms with Crippen LogP contribution in [0.25, 0.3) is 16.7 Å². The number of pyridine rings is 1. The van der Waals surface area contributed by atoms with Crippen LogP contribution in [0.5, 0.6) is 0 Å². The Morgan fingerprint density at radius 3 is 2.79 bits per heavy atom. The van der Waals surface area contributed by atoms with Crippen molar-refractivity contribution >= 4 is 38.6 Å². The number of rotatable bonds is 2. The summed E-state index contributed by atoms with van der Waals surface area (Å²) in [6, 6.07) is 9.97. The van der Waals surface area contributed by atoms with Gasteiger partial charge in [0.25, 0.3) is 0 Å². The average Bonchev–Trinajstić information content (AvgIpc) is 2.79. The quantitative estimate of drug-likeness (QED) is 0.646. The summed E-state index contributed by atoms with van der Waals surface area (Å²) < 4.78 is 3.07. The highest BCUT2D eigenvalue weighted by molar-refractivity contribution is 9.10. The molecule has 96 valence electrons. The van der Waals surface area contributed by atoms with Crippen LogP contribution in [0.2, 0.25) is 0 Å². The Hall–Kier alpha value is -1.39. The van der Waals surface area contributed by atoms with Gasteiger partial charge in [-0.15, -0.1) is 11.6 Å². The normalized spacial score (nSPS) is 12.8. The average molecular weight is 337 g/mol. The van der Waals surface area contributed by atoms with Gasteiger partial charge in [0.15, 0.2) is 0 Å². The van der Waals surface area contributed by atoms with Crippen LogP contribution in [0.15, 0.2) is 47.2 Å². The maximum Gasteiger partial charge on any atom is 0.132 e. The van der Waals surface area contributed by atoms with Crippen LogP contribution in [0.3, 0.4) is 0 Å². The van der Waals surface area contributed by atoms with Crippen molar-refractivity contribution in [2.24, 2.45) is 0 Å². The van der Waals surface area contributed by atoms with Gasteiger partial charge in [-0.25, -0.2) is 4.98 Å². The van der Waals surface area contributed by atoms with Crippen molar-refractivity contribution in [1.29, 1.82) is 0 Å². The molecule has 2 aromatic heterocycles. The molecule has 0 saturated carbocycles. The smallest absolute Gasteiger partial charge is 0.132 e. The number of para-hydroxylation sites is 1. The van der Waals surface area contributed by atoms with E-state index in [0.29, 0.717) is 0 Å². The van der Waals surface area contributed by atoms with E-state index in [9.17, 15) is 0 Å². The molecule has 1 unspecified atom stereocenters. The summed E-state index contributed by atoms with van der Waals surface area (Å²) in [4.78, 5) is 8.69. The summed E-state index contributed by atoms with van der Waals surface area (Å²) in [7, 11) is 0. The predicted octanol–water partition coefficient (Wildman–Crippen LogP) is 4.48. The Balaban J connectivity index is 2.38. The van der Waals surface area contributed by atoms with Crippen molar-refractivity contribution in [3.05, 3.63) is 53.0 Å². The SMILES string of the molecule is CC(Cl)c1nc2cnccc2n1-c1ccccc1Br. The molecule has 0 bridgehead atoms. The molecular weight excluding hydrogens is 326 g/mol. The molecule has 0 aliphatic rings. The molecule has 0 radical (unpaired) electrons. The second-order valence-corrected chi connectivity index (χ2v) is 5.75. The van der Waals surface area contributed by atoms with Crippen molar-refractivity contribution in [3.63, 3.8) is 0 Å². The first kappa shape index (κ1) is 12.6. The Bertz CT molecular complexity index is 736. The van der Waals surface area contributed by atoms with Gasteiger partial charge in [-0.3, -0.25) is 9.55 Å². The van der Waals surface area contributed by atoms with E-state index in [-0.39, 0.29) is 5.38 Å². The molecular formula is C14H11BrClN3. The van der Waals surface area contributed by atoms with E-state index in [1.54, 1.807) is 12.4 Å².